The van der Waals surface area contributed by atoms with Crippen LogP contribution in [0.5, 0.6) is 0 Å². The van der Waals surface area contributed by atoms with Gasteiger partial charge in [0.15, 0.2) is 5.78 Å². The lowest BCUT2D eigenvalue weighted by atomic mass is 9.56. The molecule has 0 aromatic heterocycles. The van der Waals surface area contributed by atoms with Gasteiger partial charge in [0.05, 0.1) is 12.0 Å². The SMILES string of the molecule is CCOC(=O)[C@@]12CCCC[C@@]13CC(=O)C=C3CC2. The monoisotopic (exact) mass is 248 g/mol. The van der Waals surface area contributed by atoms with Gasteiger partial charge in [0.1, 0.15) is 0 Å². The van der Waals surface area contributed by atoms with Crippen molar-refractivity contribution >= 4 is 11.8 Å². The topological polar surface area (TPSA) is 43.4 Å². The Balaban J connectivity index is 2.04. The van der Waals surface area contributed by atoms with Gasteiger partial charge in [-0.2, -0.15) is 0 Å². The highest BCUT2D eigenvalue weighted by atomic mass is 16.5. The molecule has 3 heteroatoms. The second-order valence-corrected chi connectivity index (χ2v) is 5.90. The summed E-state index contributed by atoms with van der Waals surface area (Å²) >= 11 is 0. The van der Waals surface area contributed by atoms with Crippen LogP contribution in [0.1, 0.15) is 51.9 Å². The van der Waals surface area contributed by atoms with Gasteiger partial charge in [-0.1, -0.05) is 18.4 Å². The molecule has 0 saturated heterocycles. The first-order chi connectivity index (χ1) is 8.64. The Morgan fingerprint density at radius 2 is 2.11 bits per heavy atom. The molecule has 3 nitrogen and oxygen atoms in total. The van der Waals surface area contributed by atoms with E-state index < -0.39 is 0 Å². The molecular formula is C15H20O3. The lowest BCUT2D eigenvalue weighted by Gasteiger charge is -2.46. The van der Waals surface area contributed by atoms with Crippen LogP contribution in [0.25, 0.3) is 0 Å². The summed E-state index contributed by atoms with van der Waals surface area (Å²) < 4.78 is 5.35. The third-order valence-corrected chi connectivity index (χ3v) is 5.29. The van der Waals surface area contributed by atoms with Crippen LogP contribution in [0.4, 0.5) is 0 Å². The minimum atomic E-state index is -0.390. The van der Waals surface area contributed by atoms with Gasteiger partial charge in [0, 0.05) is 11.8 Å². The molecule has 2 fully saturated rings. The van der Waals surface area contributed by atoms with Crippen molar-refractivity contribution in [2.24, 2.45) is 10.8 Å². The molecule has 0 bridgehead atoms. The van der Waals surface area contributed by atoms with Gasteiger partial charge in [-0.05, 0) is 38.7 Å². The fraction of sp³-hybridized carbons (Fsp3) is 0.733. The van der Waals surface area contributed by atoms with Gasteiger partial charge in [0.25, 0.3) is 0 Å². The van der Waals surface area contributed by atoms with E-state index >= 15 is 0 Å². The minimum absolute atomic E-state index is 0.0530. The first-order valence-corrected chi connectivity index (χ1v) is 7.06. The average molecular weight is 248 g/mol. The van der Waals surface area contributed by atoms with E-state index in [9.17, 15) is 9.59 Å². The Bertz CT molecular complexity index is 437. The van der Waals surface area contributed by atoms with E-state index in [1.54, 1.807) is 0 Å². The van der Waals surface area contributed by atoms with Crippen LogP contribution in [0.3, 0.4) is 0 Å². The largest absolute Gasteiger partial charge is 0.466 e. The van der Waals surface area contributed by atoms with Crippen molar-refractivity contribution in [2.75, 3.05) is 6.61 Å². The van der Waals surface area contributed by atoms with Gasteiger partial charge in [-0.25, -0.2) is 0 Å². The molecular weight excluding hydrogens is 228 g/mol. The molecule has 0 aromatic carbocycles. The molecule has 0 aromatic rings. The predicted octanol–water partition coefficient (Wildman–Crippen LogP) is 2.79. The van der Waals surface area contributed by atoms with E-state index in [-0.39, 0.29) is 22.6 Å². The molecule has 0 amide bonds. The molecule has 3 aliphatic carbocycles. The summed E-state index contributed by atoms with van der Waals surface area (Å²) in [6.07, 6.45) is 8.25. The minimum Gasteiger partial charge on any atom is -0.466 e. The third-order valence-electron chi connectivity index (χ3n) is 5.29. The summed E-state index contributed by atoms with van der Waals surface area (Å²) in [5, 5.41) is 0. The van der Waals surface area contributed by atoms with Gasteiger partial charge in [-0.15, -0.1) is 0 Å². The summed E-state index contributed by atoms with van der Waals surface area (Å²) in [5.74, 6) is 0.156. The molecule has 0 unspecified atom stereocenters. The number of esters is 1. The van der Waals surface area contributed by atoms with Crippen LogP contribution in [-0.2, 0) is 14.3 Å². The maximum absolute atomic E-state index is 12.5. The number of carbonyl (C=O) groups excluding carboxylic acids is 2. The second-order valence-electron chi connectivity index (χ2n) is 5.90. The lowest BCUT2D eigenvalue weighted by molar-refractivity contribution is -0.165. The zero-order chi connectivity index (χ0) is 12.8. The molecule has 18 heavy (non-hydrogen) atoms. The van der Waals surface area contributed by atoms with E-state index in [2.05, 4.69) is 0 Å². The molecule has 98 valence electrons. The van der Waals surface area contributed by atoms with E-state index in [1.165, 1.54) is 5.57 Å². The number of rotatable bonds is 2. The molecule has 0 radical (unpaired) electrons. The Labute approximate surface area is 108 Å². The maximum atomic E-state index is 12.5. The van der Waals surface area contributed by atoms with Crippen molar-refractivity contribution in [3.8, 4) is 0 Å². The number of ether oxygens (including phenoxy) is 1. The van der Waals surface area contributed by atoms with Gasteiger partial charge < -0.3 is 4.74 Å². The van der Waals surface area contributed by atoms with Crippen LogP contribution in [0.15, 0.2) is 11.6 Å². The summed E-state index contributed by atoms with van der Waals surface area (Å²) in [7, 11) is 0. The Kier molecular flexibility index (Phi) is 2.61. The predicted molar refractivity (Wildman–Crippen MR) is 66.9 cm³/mol. The number of hydrogen-bond acceptors (Lipinski definition) is 3. The number of ketones is 1. The van der Waals surface area contributed by atoms with E-state index in [0.717, 1.165) is 38.5 Å². The van der Waals surface area contributed by atoms with Crippen LogP contribution in [0.2, 0.25) is 0 Å². The Hall–Kier alpha value is -1.12. The first kappa shape index (κ1) is 11.9. The van der Waals surface area contributed by atoms with Crippen molar-refractivity contribution in [1.82, 2.24) is 0 Å². The van der Waals surface area contributed by atoms with Crippen molar-refractivity contribution in [3.63, 3.8) is 0 Å². The Morgan fingerprint density at radius 1 is 1.33 bits per heavy atom. The number of carbonyl (C=O) groups is 2. The number of allylic oxidation sites excluding steroid dienone is 2. The first-order valence-electron chi connectivity index (χ1n) is 7.06. The standard InChI is InChI=1S/C15H20O3/c1-2-18-13(17)14-6-3-4-7-15(14)10-12(16)9-11(15)5-8-14/h9H,2-8,10H2,1H3/t14-,15-/m0/s1. The van der Waals surface area contributed by atoms with E-state index in [4.69, 9.17) is 4.74 Å². The molecule has 3 rings (SSSR count). The summed E-state index contributed by atoms with van der Waals surface area (Å²) in [6, 6.07) is 0. The average Bonchev–Trinajstić information content (AvgIpc) is 2.81. The summed E-state index contributed by atoms with van der Waals surface area (Å²) in [6.45, 7) is 2.29. The van der Waals surface area contributed by atoms with Crippen LogP contribution >= 0.6 is 0 Å². The fourth-order valence-corrected chi connectivity index (χ4v) is 4.54. The molecule has 1 spiro atoms. The summed E-state index contributed by atoms with van der Waals surface area (Å²) in [5.41, 5.74) is 0.675. The van der Waals surface area contributed by atoms with Crippen molar-refractivity contribution in [3.05, 3.63) is 11.6 Å². The zero-order valence-corrected chi connectivity index (χ0v) is 11.0. The number of hydrogen-bond donors (Lipinski definition) is 0. The quantitative estimate of drug-likeness (QED) is 0.706. The van der Waals surface area contributed by atoms with Gasteiger partial charge in [-0.3, -0.25) is 9.59 Å². The molecule has 0 heterocycles. The van der Waals surface area contributed by atoms with Crippen LogP contribution in [0, 0.1) is 10.8 Å². The molecule has 0 N–H and O–H groups in total. The Morgan fingerprint density at radius 3 is 2.89 bits per heavy atom. The second kappa shape index (κ2) is 3.94. The molecule has 0 aliphatic heterocycles. The smallest absolute Gasteiger partial charge is 0.312 e. The van der Waals surface area contributed by atoms with Crippen molar-refractivity contribution < 1.29 is 14.3 Å². The highest BCUT2D eigenvalue weighted by Crippen LogP contribution is 2.67. The van der Waals surface area contributed by atoms with Crippen LogP contribution in [-0.4, -0.2) is 18.4 Å². The highest BCUT2D eigenvalue weighted by Gasteiger charge is 2.65. The normalized spacial score (nSPS) is 38.1. The van der Waals surface area contributed by atoms with Gasteiger partial charge >= 0.3 is 5.97 Å². The fourth-order valence-electron chi connectivity index (χ4n) is 4.54. The maximum Gasteiger partial charge on any atom is 0.312 e. The van der Waals surface area contributed by atoms with Gasteiger partial charge in [0.2, 0.25) is 0 Å². The molecule has 3 aliphatic rings. The zero-order valence-electron chi connectivity index (χ0n) is 11.0. The molecule has 2 atom stereocenters. The molecule has 2 saturated carbocycles. The van der Waals surface area contributed by atoms with Crippen molar-refractivity contribution in [1.29, 1.82) is 0 Å². The summed E-state index contributed by atoms with van der Waals surface area (Å²) in [4.78, 5) is 24.3. The van der Waals surface area contributed by atoms with E-state index in [0.29, 0.717) is 13.0 Å². The van der Waals surface area contributed by atoms with Crippen molar-refractivity contribution in [2.45, 2.75) is 51.9 Å². The van der Waals surface area contributed by atoms with E-state index in [1.807, 2.05) is 13.0 Å². The highest BCUT2D eigenvalue weighted by molar-refractivity contribution is 5.97. The lowest BCUT2D eigenvalue weighted by Crippen LogP contribution is -2.47. The third kappa shape index (κ3) is 1.30. The van der Waals surface area contributed by atoms with Crippen LogP contribution < -0.4 is 0 Å².